The number of hydrogen-bond acceptors (Lipinski definition) is 4. The van der Waals surface area contributed by atoms with E-state index in [9.17, 15) is 9.50 Å². The van der Waals surface area contributed by atoms with Crippen LogP contribution >= 0.6 is 0 Å². The molecule has 0 bridgehead atoms. The van der Waals surface area contributed by atoms with Gasteiger partial charge in [-0.05, 0) is 50.9 Å². The summed E-state index contributed by atoms with van der Waals surface area (Å²) in [5, 5.41) is 18.7. The third-order valence-electron chi connectivity index (χ3n) is 4.33. The number of halogens is 1. The molecule has 1 aromatic carbocycles. The van der Waals surface area contributed by atoms with Crippen LogP contribution < -0.4 is 0 Å². The van der Waals surface area contributed by atoms with E-state index in [1.54, 1.807) is 12.1 Å². The fourth-order valence-corrected chi connectivity index (χ4v) is 2.20. The zero-order valence-electron chi connectivity index (χ0n) is 13.4. The molecule has 120 valence electrons. The molecule has 0 radical (unpaired) electrons. The Morgan fingerprint density at radius 1 is 1.18 bits per heavy atom. The Labute approximate surface area is 130 Å². The topological polar surface area (TPSA) is 58.9 Å². The third-order valence-corrected chi connectivity index (χ3v) is 4.33. The Morgan fingerprint density at radius 2 is 1.77 bits per heavy atom. The van der Waals surface area contributed by atoms with Gasteiger partial charge in [-0.2, -0.15) is 0 Å². The molecule has 0 spiro atoms. The molecule has 1 aliphatic heterocycles. The fourth-order valence-electron chi connectivity index (χ4n) is 2.20. The molecule has 1 aromatic rings. The monoisotopic (exact) mass is 308 g/mol. The highest BCUT2D eigenvalue weighted by Crippen LogP contribution is 2.38. The van der Waals surface area contributed by atoms with E-state index in [4.69, 9.17) is 14.4 Å². The molecule has 2 N–H and O–H groups in total. The van der Waals surface area contributed by atoms with Crippen LogP contribution in [-0.4, -0.2) is 35.1 Å². The molecule has 0 atom stereocenters. The van der Waals surface area contributed by atoms with Gasteiger partial charge in [-0.3, -0.25) is 0 Å². The van der Waals surface area contributed by atoms with E-state index in [2.05, 4.69) is 0 Å². The maximum absolute atomic E-state index is 13.4. The zero-order chi connectivity index (χ0) is 16.5. The third kappa shape index (κ3) is 3.25. The maximum Gasteiger partial charge on any atom is 0.492 e. The first-order valence-corrected chi connectivity index (χ1v) is 7.26. The predicted molar refractivity (Wildman–Crippen MR) is 83.5 cm³/mol. The molecule has 0 aromatic heterocycles. The summed E-state index contributed by atoms with van der Waals surface area (Å²) in [6.07, 6.45) is 1.70. The summed E-state index contributed by atoms with van der Waals surface area (Å²) >= 11 is 0. The molecule has 1 aliphatic rings. The molecule has 22 heavy (non-hydrogen) atoms. The van der Waals surface area contributed by atoms with E-state index in [0.29, 0.717) is 11.0 Å². The minimum Gasteiger partial charge on any atom is -0.400 e. The van der Waals surface area contributed by atoms with Crippen molar-refractivity contribution < 1.29 is 23.9 Å². The Bertz CT molecular complexity index is 568. The van der Waals surface area contributed by atoms with Crippen molar-refractivity contribution in [3.05, 3.63) is 40.6 Å². The van der Waals surface area contributed by atoms with Crippen molar-refractivity contribution in [1.29, 1.82) is 0 Å². The predicted octanol–water partition coefficient (Wildman–Crippen LogP) is 2.33. The summed E-state index contributed by atoms with van der Waals surface area (Å²) in [6.45, 7) is 7.13. The van der Waals surface area contributed by atoms with Crippen molar-refractivity contribution in [3.63, 3.8) is 0 Å². The van der Waals surface area contributed by atoms with Gasteiger partial charge in [-0.1, -0.05) is 12.1 Å². The molecule has 1 saturated heterocycles. The van der Waals surface area contributed by atoms with Crippen molar-refractivity contribution >= 4 is 13.2 Å². The highest BCUT2D eigenvalue weighted by molar-refractivity contribution is 6.55. The van der Waals surface area contributed by atoms with Crippen LogP contribution in [0.2, 0.25) is 0 Å². The van der Waals surface area contributed by atoms with Crippen molar-refractivity contribution in [2.75, 3.05) is 6.61 Å². The molecule has 0 unspecified atom stereocenters. The van der Waals surface area contributed by atoms with Crippen molar-refractivity contribution in [2.45, 2.75) is 45.5 Å². The summed E-state index contributed by atoms with van der Waals surface area (Å²) in [4.78, 5) is 0. The second-order valence-electron chi connectivity index (χ2n) is 6.47. The molecule has 2 rings (SSSR count). The first-order valence-electron chi connectivity index (χ1n) is 7.26. The molecule has 0 amide bonds. The Balaban J connectivity index is 2.29. The number of benzene rings is 1. The largest absolute Gasteiger partial charge is 0.492 e. The van der Waals surface area contributed by atoms with Gasteiger partial charge in [0.15, 0.2) is 0 Å². The summed E-state index contributed by atoms with van der Waals surface area (Å²) in [7, 11) is -0.655. The van der Waals surface area contributed by atoms with Gasteiger partial charge < -0.3 is 19.5 Å². The standard InChI is InChI=1S/C16H22BFO4/c1-15(2)16(3,4)22-17(21-15)13(10-20)8-11-5-6-14(18)12(7-11)9-19/h5-8,19-20H,9-10H2,1-4H3. The zero-order valence-corrected chi connectivity index (χ0v) is 13.4. The maximum atomic E-state index is 13.4. The molecule has 0 saturated carbocycles. The lowest BCUT2D eigenvalue weighted by Crippen LogP contribution is -2.41. The molecule has 1 heterocycles. The SMILES string of the molecule is CC1(C)OB(C(=Cc2ccc(F)c(CO)c2)CO)OC1(C)C. The van der Waals surface area contributed by atoms with Crippen LogP contribution in [0.25, 0.3) is 6.08 Å². The molecule has 6 heteroatoms. The Kier molecular flexibility index (Phi) is 4.77. The van der Waals surface area contributed by atoms with E-state index in [-0.39, 0.29) is 18.8 Å². The van der Waals surface area contributed by atoms with Gasteiger partial charge in [0.05, 0.1) is 24.4 Å². The van der Waals surface area contributed by atoms with Crippen molar-refractivity contribution in [1.82, 2.24) is 0 Å². The second kappa shape index (κ2) is 6.12. The second-order valence-corrected chi connectivity index (χ2v) is 6.47. The van der Waals surface area contributed by atoms with E-state index < -0.39 is 24.1 Å². The smallest absolute Gasteiger partial charge is 0.400 e. The number of aliphatic hydroxyl groups excluding tert-OH is 2. The highest BCUT2D eigenvalue weighted by Gasteiger charge is 2.52. The number of rotatable bonds is 4. The van der Waals surface area contributed by atoms with Gasteiger partial charge in [0, 0.05) is 5.56 Å². The first kappa shape index (κ1) is 17.2. The van der Waals surface area contributed by atoms with E-state index in [0.717, 1.165) is 0 Å². The molecular weight excluding hydrogens is 286 g/mol. The Hall–Kier alpha value is -1.21. The van der Waals surface area contributed by atoms with Gasteiger partial charge in [0.1, 0.15) is 5.82 Å². The van der Waals surface area contributed by atoms with E-state index >= 15 is 0 Å². The van der Waals surface area contributed by atoms with Crippen LogP contribution in [-0.2, 0) is 15.9 Å². The average molecular weight is 308 g/mol. The lowest BCUT2D eigenvalue weighted by molar-refractivity contribution is 0.00578. The molecular formula is C16H22BFO4. The van der Waals surface area contributed by atoms with E-state index in [1.165, 1.54) is 12.1 Å². The van der Waals surface area contributed by atoms with Crippen molar-refractivity contribution in [3.8, 4) is 0 Å². The molecule has 4 nitrogen and oxygen atoms in total. The Morgan fingerprint density at radius 3 is 2.27 bits per heavy atom. The van der Waals surface area contributed by atoms with Gasteiger partial charge in [0.2, 0.25) is 0 Å². The number of hydrogen-bond donors (Lipinski definition) is 2. The van der Waals surface area contributed by atoms with Crippen LogP contribution in [0.3, 0.4) is 0 Å². The lowest BCUT2D eigenvalue weighted by atomic mass is 9.77. The van der Waals surface area contributed by atoms with Crippen LogP contribution in [0.4, 0.5) is 4.39 Å². The number of aliphatic hydroxyl groups is 2. The summed E-state index contributed by atoms with van der Waals surface area (Å²) in [5.41, 5.74) is 0.439. The first-order chi connectivity index (χ1) is 10.2. The van der Waals surface area contributed by atoms with Crippen LogP contribution in [0.5, 0.6) is 0 Å². The average Bonchev–Trinajstić information content (AvgIpc) is 2.66. The molecule has 1 fully saturated rings. The minimum absolute atomic E-state index is 0.208. The fraction of sp³-hybridized carbons (Fsp3) is 0.500. The summed E-state index contributed by atoms with van der Waals surface area (Å²) < 4.78 is 25.2. The summed E-state index contributed by atoms with van der Waals surface area (Å²) in [6, 6.07) is 4.40. The van der Waals surface area contributed by atoms with Gasteiger partial charge in [-0.25, -0.2) is 4.39 Å². The molecule has 0 aliphatic carbocycles. The van der Waals surface area contributed by atoms with E-state index in [1.807, 2.05) is 27.7 Å². The normalized spacial score (nSPS) is 20.5. The van der Waals surface area contributed by atoms with Crippen molar-refractivity contribution in [2.24, 2.45) is 0 Å². The minimum atomic E-state index is -0.655. The van der Waals surface area contributed by atoms with Gasteiger partial charge >= 0.3 is 7.12 Å². The highest BCUT2D eigenvalue weighted by atomic mass is 19.1. The van der Waals surface area contributed by atoms with Crippen LogP contribution in [0.15, 0.2) is 23.7 Å². The van der Waals surface area contributed by atoms with Crippen LogP contribution in [0.1, 0.15) is 38.8 Å². The lowest BCUT2D eigenvalue weighted by Gasteiger charge is -2.32. The summed E-state index contributed by atoms with van der Waals surface area (Å²) in [5.74, 6) is -0.458. The quantitative estimate of drug-likeness (QED) is 0.838. The van der Waals surface area contributed by atoms with Gasteiger partial charge in [0.25, 0.3) is 0 Å². The van der Waals surface area contributed by atoms with Gasteiger partial charge in [-0.15, -0.1) is 0 Å². The van der Waals surface area contributed by atoms with Crippen LogP contribution in [0, 0.1) is 5.82 Å².